The van der Waals surface area contributed by atoms with Crippen LogP contribution in [-0.4, -0.2) is 23.7 Å². The van der Waals surface area contributed by atoms with Gasteiger partial charge in [-0.25, -0.2) is 5.43 Å². The van der Waals surface area contributed by atoms with Crippen molar-refractivity contribution in [1.82, 2.24) is 5.43 Å². The number of halogens is 1. The number of hydrazone groups is 1. The Morgan fingerprint density at radius 2 is 2.21 bits per heavy atom. The summed E-state index contributed by atoms with van der Waals surface area (Å²) in [5.41, 5.74) is 4.33. The molecular formula is C15H14BrN3O4S. The minimum Gasteiger partial charge on any atom is -0.482 e. The average molecular weight is 412 g/mol. The molecule has 0 aliphatic rings. The quantitative estimate of drug-likeness (QED) is 0.446. The van der Waals surface area contributed by atoms with E-state index in [1.807, 2.05) is 26.0 Å². The standard InChI is InChI=1S/C15H14BrN3O4S/c1-9-5-10(2)15(12(16)6-9)23-8-13(20)18-17-7-11-3-4-14(24-11)19(21)22/h3-7H,8H2,1-2H3,(H,18,20). The van der Waals surface area contributed by atoms with E-state index < -0.39 is 10.8 Å². The Labute approximate surface area is 150 Å². The highest BCUT2D eigenvalue weighted by Crippen LogP contribution is 2.30. The van der Waals surface area contributed by atoms with Crippen LogP contribution in [0.4, 0.5) is 5.00 Å². The first-order valence-electron chi connectivity index (χ1n) is 6.82. The molecule has 126 valence electrons. The summed E-state index contributed by atoms with van der Waals surface area (Å²) in [6.45, 7) is 3.68. The lowest BCUT2D eigenvalue weighted by Gasteiger charge is -2.11. The Morgan fingerprint density at radius 3 is 2.83 bits per heavy atom. The van der Waals surface area contributed by atoms with Gasteiger partial charge < -0.3 is 4.74 Å². The number of carbonyl (C=O) groups is 1. The fourth-order valence-electron chi connectivity index (χ4n) is 1.93. The van der Waals surface area contributed by atoms with E-state index in [9.17, 15) is 14.9 Å². The fraction of sp³-hybridized carbons (Fsp3) is 0.200. The van der Waals surface area contributed by atoms with Gasteiger partial charge >= 0.3 is 5.00 Å². The minimum absolute atomic E-state index is 0.0193. The van der Waals surface area contributed by atoms with Crippen molar-refractivity contribution >= 4 is 44.4 Å². The van der Waals surface area contributed by atoms with Crippen molar-refractivity contribution in [2.45, 2.75) is 13.8 Å². The first-order valence-corrected chi connectivity index (χ1v) is 8.43. The van der Waals surface area contributed by atoms with Gasteiger partial charge in [0.2, 0.25) is 0 Å². The molecule has 0 aliphatic carbocycles. The maximum atomic E-state index is 11.7. The van der Waals surface area contributed by atoms with Crippen LogP contribution in [0, 0.1) is 24.0 Å². The summed E-state index contributed by atoms with van der Waals surface area (Å²) < 4.78 is 6.28. The second-order valence-corrected chi connectivity index (χ2v) is 6.86. The van der Waals surface area contributed by atoms with Gasteiger partial charge in [0.1, 0.15) is 5.75 Å². The van der Waals surface area contributed by atoms with E-state index in [0.29, 0.717) is 10.6 Å². The normalized spacial score (nSPS) is 10.8. The van der Waals surface area contributed by atoms with Crippen LogP contribution in [0.3, 0.4) is 0 Å². The number of benzene rings is 1. The molecule has 0 fully saturated rings. The van der Waals surface area contributed by atoms with Crippen molar-refractivity contribution in [2.24, 2.45) is 5.10 Å². The van der Waals surface area contributed by atoms with Gasteiger partial charge in [-0.05, 0) is 53.0 Å². The second kappa shape index (κ2) is 8.02. The Kier molecular flexibility index (Phi) is 6.04. The van der Waals surface area contributed by atoms with Crippen LogP contribution in [0.25, 0.3) is 0 Å². The summed E-state index contributed by atoms with van der Waals surface area (Å²) in [5.74, 6) is 0.179. The number of thiophene rings is 1. The lowest BCUT2D eigenvalue weighted by Crippen LogP contribution is -2.24. The van der Waals surface area contributed by atoms with Crippen LogP contribution >= 0.6 is 27.3 Å². The highest BCUT2D eigenvalue weighted by molar-refractivity contribution is 9.10. The predicted octanol–water partition coefficient (Wildman–Crippen LogP) is 3.56. The monoisotopic (exact) mass is 411 g/mol. The van der Waals surface area contributed by atoms with Crippen LogP contribution in [0.1, 0.15) is 16.0 Å². The zero-order chi connectivity index (χ0) is 17.7. The molecule has 7 nitrogen and oxygen atoms in total. The number of carbonyl (C=O) groups excluding carboxylic acids is 1. The molecule has 1 N–H and O–H groups in total. The van der Waals surface area contributed by atoms with Crippen LogP contribution < -0.4 is 10.2 Å². The minimum atomic E-state index is -0.476. The number of hydrogen-bond acceptors (Lipinski definition) is 6. The van der Waals surface area contributed by atoms with Gasteiger partial charge in [-0.1, -0.05) is 17.4 Å². The maximum Gasteiger partial charge on any atom is 0.324 e. The van der Waals surface area contributed by atoms with E-state index in [1.165, 1.54) is 12.3 Å². The third-order valence-corrected chi connectivity index (χ3v) is 4.46. The van der Waals surface area contributed by atoms with Crippen molar-refractivity contribution in [3.63, 3.8) is 0 Å². The van der Waals surface area contributed by atoms with E-state index in [1.54, 1.807) is 6.07 Å². The number of rotatable bonds is 6. The van der Waals surface area contributed by atoms with E-state index in [4.69, 9.17) is 4.74 Å². The number of hydrogen-bond donors (Lipinski definition) is 1. The molecule has 0 saturated carbocycles. The predicted molar refractivity (Wildman–Crippen MR) is 95.8 cm³/mol. The van der Waals surface area contributed by atoms with Crippen LogP contribution in [0.2, 0.25) is 0 Å². The number of nitrogens with one attached hydrogen (secondary N) is 1. The molecule has 0 atom stereocenters. The molecule has 0 bridgehead atoms. The maximum absolute atomic E-state index is 11.7. The number of nitro groups is 1. The topological polar surface area (TPSA) is 93.8 Å². The summed E-state index contributed by atoms with van der Waals surface area (Å²) in [6, 6.07) is 6.80. The number of aryl methyl sites for hydroxylation is 2. The van der Waals surface area contributed by atoms with E-state index in [2.05, 4.69) is 26.5 Å². The van der Waals surface area contributed by atoms with E-state index >= 15 is 0 Å². The smallest absolute Gasteiger partial charge is 0.324 e. The molecule has 24 heavy (non-hydrogen) atoms. The molecule has 0 unspecified atom stereocenters. The van der Waals surface area contributed by atoms with Gasteiger partial charge in [0.25, 0.3) is 5.91 Å². The van der Waals surface area contributed by atoms with Crippen LogP contribution in [0.5, 0.6) is 5.75 Å². The highest BCUT2D eigenvalue weighted by Gasteiger charge is 2.10. The number of nitrogens with zero attached hydrogens (tertiary/aromatic N) is 2. The van der Waals surface area contributed by atoms with Crippen molar-refractivity contribution < 1.29 is 14.5 Å². The zero-order valence-corrected chi connectivity index (χ0v) is 15.3. The van der Waals surface area contributed by atoms with Gasteiger partial charge in [0.05, 0.1) is 20.5 Å². The first kappa shape index (κ1) is 18.1. The van der Waals surface area contributed by atoms with Crippen molar-refractivity contribution in [1.29, 1.82) is 0 Å². The first-order chi connectivity index (χ1) is 11.4. The molecule has 0 spiro atoms. The Hall–Kier alpha value is -2.26. The van der Waals surface area contributed by atoms with Crippen molar-refractivity contribution in [2.75, 3.05) is 6.61 Å². The van der Waals surface area contributed by atoms with Gasteiger partial charge in [-0.3, -0.25) is 14.9 Å². The van der Waals surface area contributed by atoms with E-state index in [0.717, 1.165) is 26.9 Å². The molecule has 1 amide bonds. The Balaban J connectivity index is 1.87. The summed E-state index contributed by atoms with van der Waals surface area (Å²) in [6.07, 6.45) is 1.35. The summed E-state index contributed by atoms with van der Waals surface area (Å²) in [4.78, 5) is 22.4. The molecule has 1 aromatic carbocycles. The van der Waals surface area contributed by atoms with Crippen LogP contribution in [0.15, 0.2) is 33.8 Å². The third kappa shape index (κ3) is 4.87. The van der Waals surface area contributed by atoms with Crippen molar-refractivity contribution in [3.05, 3.63) is 54.9 Å². The molecule has 2 aromatic rings. The third-order valence-electron chi connectivity index (χ3n) is 2.89. The average Bonchev–Trinajstić information content (AvgIpc) is 2.95. The van der Waals surface area contributed by atoms with Gasteiger partial charge in [0.15, 0.2) is 6.61 Å². The SMILES string of the molecule is Cc1cc(C)c(OCC(=O)NN=Cc2ccc([N+](=O)[O-])s2)c(Br)c1. The molecule has 9 heteroatoms. The van der Waals surface area contributed by atoms with Gasteiger partial charge in [-0.2, -0.15) is 5.10 Å². The molecule has 0 aliphatic heterocycles. The van der Waals surface area contributed by atoms with Gasteiger partial charge in [-0.15, -0.1) is 0 Å². The van der Waals surface area contributed by atoms with Crippen LogP contribution in [-0.2, 0) is 4.79 Å². The molecular weight excluding hydrogens is 398 g/mol. The Bertz CT molecular complexity index is 781. The Morgan fingerprint density at radius 1 is 1.46 bits per heavy atom. The lowest BCUT2D eigenvalue weighted by molar-refractivity contribution is -0.380. The molecule has 1 heterocycles. The zero-order valence-electron chi connectivity index (χ0n) is 12.9. The summed E-state index contributed by atoms with van der Waals surface area (Å²) in [7, 11) is 0. The summed E-state index contributed by atoms with van der Waals surface area (Å²) >= 11 is 4.38. The molecule has 2 rings (SSSR count). The number of amides is 1. The lowest BCUT2D eigenvalue weighted by atomic mass is 10.1. The van der Waals surface area contributed by atoms with E-state index in [-0.39, 0.29) is 11.6 Å². The fourth-order valence-corrected chi connectivity index (χ4v) is 3.41. The summed E-state index contributed by atoms with van der Waals surface area (Å²) in [5, 5.41) is 14.3. The number of ether oxygens (including phenoxy) is 1. The largest absolute Gasteiger partial charge is 0.482 e. The second-order valence-electron chi connectivity index (χ2n) is 4.91. The van der Waals surface area contributed by atoms with Crippen molar-refractivity contribution in [3.8, 4) is 5.75 Å². The molecule has 0 radical (unpaired) electrons. The highest BCUT2D eigenvalue weighted by atomic mass is 79.9. The van der Waals surface area contributed by atoms with Gasteiger partial charge in [0, 0.05) is 6.07 Å². The molecule has 0 saturated heterocycles. The molecule has 1 aromatic heterocycles.